The molecule has 0 amide bonds. The van der Waals surface area contributed by atoms with Gasteiger partial charge in [-0.2, -0.15) is 13.2 Å². The highest BCUT2D eigenvalue weighted by atomic mass is 19.4. The van der Waals surface area contributed by atoms with Gasteiger partial charge in [0.05, 0.1) is 12.1 Å². The molecule has 1 heterocycles. The Kier molecular flexibility index (Phi) is 3.12. The minimum Gasteiger partial charge on any atom is -0.298 e. The van der Waals surface area contributed by atoms with E-state index in [0.717, 1.165) is 6.07 Å². The quantitative estimate of drug-likeness (QED) is 0.743. The van der Waals surface area contributed by atoms with E-state index in [1.54, 1.807) is 6.07 Å². The average molecular weight is 239 g/mol. The molecule has 0 fully saturated rings. The summed E-state index contributed by atoms with van der Waals surface area (Å²) in [5, 5.41) is 3.12. The van der Waals surface area contributed by atoms with Crippen LogP contribution in [0.5, 0.6) is 0 Å². The molecule has 1 N–H and O–H groups in total. The van der Waals surface area contributed by atoms with E-state index in [0.29, 0.717) is 12.1 Å². The van der Waals surface area contributed by atoms with Crippen molar-refractivity contribution in [2.24, 2.45) is 5.92 Å². The Hall–Kier alpha value is -1.47. The fourth-order valence-electron chi connectivity index (χ4n) is 1.95. The molecular weight excluding hydrogens is 227 g/mol. The maximum Gasteiger partial charge on any atom is 0.416 e. The molecule has 4 heteroatoms. The third kappa shape index (κ3) is 2.62. The second-order valence-corrected chi connectivity index (χ2v) is 4.09. The Morgan fingerprint density at radius 2 is 2.12 bits per heavy atom. The molecule has 1 aromatic carbocycles. The first kappa shape index (κ1) is 12.0. The number of nitrogens with one attached hydrogen (secondary N) is 1. The summed E-state index contributed by atoms with van der Waals surface area (Å²) in [6, 6.07) is 5.30. The van der Waals surface area contributed by atoms with Gasteiger partial charge < -0.3 is 0 Å². The molecule has 1 nitrogen and oxygen atoms in total. The van der Waals surface area contributed by atoms with Gasteiger partial charge in [-0.15, -0.1) is 0 Å². The Morgan fingerprint density at radius 3 is 2.76 bits per heavy atom. The van der Waals surface area contributed by atoms with Gasteiger partial charge in [0, 0.05) is 12.0 Å². The third-order valence-corrected chi connectivity index (χ3v) is 2.81. The van der Waals surface area contributed by atoms with Crippen molar-refractivity contribution in [2.45, 2.75) is 19.1 Å². The number of benzene rings is 1. The normalized spacial score (nSPS) is 24.0. The van der Waals surface area contributed by atoms with Crippen LogP contribution >= 0.6 is 0 Å². The van der Waals surface area contributed by atoms with Gasteiger partial charge in [-0.1, -0.05) is 24.0 Å². The molecular formula is C13H12F3N. The molecule has 0 aromatic heterocycles. The van der Waals surface area contributed by atoms with Gasteiger partial charge in [0.1, 0.15) is 0 Å². The molecule has 0 saturated heterocycles. The molecule has 0 bridgehead atoms. The number of hydrogen-bond donors (Lipinski definition) is 1. The van der Waals surface area contributed by atoms with Crippen molar-refractivity contribution >= 4 is 0 Å². The van der Waals surface area contributed by atoms with E-state index in [9.17, 15) is 13.2 Å². The highest BCUT2D eigenvalue weighted by Gasteiger charge is 2.31. The molecule has 0 aliphatic carbocycles. The lowest BCUT2D eigenvalue weighted by atomic mass is 9.92. The molecule has 17 heavy (non-hydrogen) atoms. The van der Waals surface area contributed by atoms with E-state index in [2.05, 4.69) is 17.2 Å². The molecule has 1 aromatic rings. The van der Waals surface area contributed by atoms with E-state index in [4.69, 9.17) is 0 Å². The summed E-state index contributed by atoms with van der Waals surface area (Å²) >= 11 is 0. The zero-order valence-corrected chi connectivity index (χ0v) is 9.31. The molecule has 1 aliphatic rings. The third-order valence-electron chi connectivity index (χ3n) is 2.81. The fourth-order valence-corrected chi connectivity index (χ4v) is 1.95. The van der Waals surface area contributed by atoms with Gasteiger partial charge >= 0.3 is 6.18 Å². The maximum absolute atomic E-state index is 12.6. The molecule has 0 saturated carbocycles. The van der Waals surface area contributed by atoms with Crippen molar-refractivity contribution in [3.05, 3.63) is 35.4 Å². The Bertz CT molecular complexity index is 468. The van der Waals surface area contributed by atoms with Crippen LogP contribution < -0.4 is 5.32 Å². The highest BCUT2D eigenvalue weighted by Crippen LogP contribution is 2.32. The largest absolute Gasteiger partial charge is 0.416 e. The summed E-state index contributed by atoms with van der Waals surface area (Å²) in [6.07, 6.45) is -4.29. The van der Waals surface area contributed by atoms with Crippen LogP contribution in [0.25, 0.3) is 0 Å². The van der Waals surface area contributed by atoms with E-state index in [1.807, 2.05) is 6.92 Å². The lowest BCUT2D eigenvalue weighted by Gasteiger charge is -2.24. The summed E-state index contributed by atoms with van der Waals surface area (Å²) in [5.41, 5.74) is 0.0313. The van der Waals surface area contributed by atoms with Crippen molar-refractivity contribution in [2.75, 3.05) is 6.54 Å². The summed E-state index contributed by atoms with van der Waals surface area (Å²) in [6.45, 7) is 2.43. The zero-order valence-electron chi connectivity index (χ0n) is 9.31. The van der Waals surface area contributed by atoms with Crippen molar-refractivity contribution in [1.82, 2.24) is 5.32 Å². The van der Waals surface area contributed by atoms with Crippen LogP contribution in [0.4, 0.5) is 13.2 Å². The van der Waals surface area contributed by atoms with Gasteiger partial charge in [0.2, 0.25) is 0 Å². The van der Waals surface area contributed by atoms with Crippen LogP contribution in [-0.2, 0) is 6.18 Å². The summed E-state index contributed by atoms with van der Waals surface area (Å²) in [7, 11) is 0. The van der Waals surface area contributed by atoms with Crippen LogP contribution in [0.1, 0.15) is 24.1 Å². The fraction of sp³-hybridized carbons (Fsp3) is 0.385. The Balaban J connectivity index is 2.32. The van der Waals surface area contributed by atoms with E-state index in [-0.39, 0.29) is 12.0 Å². The van der Waals surface area contributed by atoms with Crippen LogP contribution in [0.15, 0.2) is 24.3 Å². The van der Waals surface area contributed by atoms with E-state index >= 15 is 0 Å². The van der Waals surface area contributed by atoms with Gasteiger partial charge in [-0.3, -0.25) is 5.32 Å². The number of rotatable bonds is 1. The van der Waals surface area contributed by atoms with E-state index in [1.165, 1.54) is 12.1 Å². The first-order chi connectivity index (χ1) is 7.98. The molecule has 1 aliphatic heterocycles. The summed E-state index contributed by atoms with van der Waals surface area (Å²) in [4.78, 5) is 0. The Morgan fingerprint density at radius 1 is 1.35 bits per heavy atom. The van der Waals surface area contributed by atoms with Crippen molar-refractivity contribution in [3.63, 3.8) is 0 Å². The van der Waals surface area contributed by atoms with Crippen LogP contribution in [-0.4, -0.2) is 6.54 Å². The molecule has 0 spiro atoms. The summed E-state index contributed by atoms with van der Waals surface area (Å²) in [5.74, 6) is 5.91. The molecule has 2 unspecified atom stereocenters. The van der Waals surface area contributed by atoms with Gasteiger partial charge in [0.15, 0.2) is 0 Å². The van der Waals surface area contributed by atoms with Gasteiger partial charge in [0.25, 0.3) is 0 Å². The van der Waals surface area contributed by atoms with Crippen molar-refractivity contribution < 1.29 is 13.2 Å². The lowest BCUT2D eigenvalue weighted by molar-refractivity contribution is -0.137. The Labute approximate surface area is 98.0 Å². The number of hydrogen-bond acceptors (Lipinski definition) is 1. The lowest BCUT2D eigenvalue weighted by Crippen LogP contribution is -2.30. The standard InChI is InChI=1S/C13H12F3N/c1-9-4-3-7-17-12(9)10-5-2-6-11(8-10)13(14,15)16/h2,5-6,8-9,12,17H,7H2,1H3. The van der Waals surface area contributed by atoms with Crippen LogP contribution in [0.3, 0.4) is 0 Å². The zero-order chi connectivity index (χ0) is 12.5. The van der Waals surface area contributed by atoms with Gasteiger partial charge in [-0.25, -0.2) is 0 Å². The molecule has 2 atom stereocenters. The predicted octanol–water partition coefficient (Wildman–Crippen LogP) is 2.99. The average Bonchev–Trinajstić information content (AvgIpc) is 2.29. The second-order valence-electron chi connectivity index (χ2n) is 4.09. The predicted molar refractivity (Wildman–Crippen MR) is 59.1 cm³/mol. The summed E-state index contributed by atoms with van der Waals surface area (Å²) < 4.78 is 37.8. The minimum absolute atomic E-state index is 0.0206. The number of alkyl halides is 3. The van der Waals surface area contributed by atoms with Crippen molar-refractivity contribution in [1.29, 1.82) is 0 Å². The first-order valence-corrected chi connectivity index (χ1v) is 5.37. The van der Waals surface area contributed by atoms with Crippen LogP contribution in [0.2, 0.25) is 0 Å². The molecule has 90 valence electrons. The topological polar surface area (TPSA) is 12.0 Å². The SMILES string of the molecule is CC1C#CCNC1c1cccc(C(F)(F)F)c1. The first-order valence-electron chi connectivity index (χ1n) is 5.37. The molecule has 0 radical (unpaired) electrons. The highest BCUT2D eigenvalue weighted by molar-refractivity contribution is 5.31. The minimum atomic E-state index is -4.29. The maximum atomic E-state index is 12.6. The van der Waals surface area contributed by atoms with E-state index < -0.39 is 11.7 Å². The van der Waals surface area contributed by atoms with Crippen molar-refractivity contribution in [3.8, 4) is 11.8 Å². The van der Waals surface area contributed by atoms with Crippen LogP contribution in [0, 0.1) is 17.8 Å². The number of halogens is 3. The second kappa shape index (κ2) is 4.42. The smallest absolute Gasteiger partial charge is 0.298 e. The van der Waals surface area contributed by atoms with Gasteiger partial charge in [-0.05, 0) is 24.6 Å². The molecule has 2 rings (SSSR count). The monoisotopic (exact) mass is 239 g/mol.